The molecule has 0 aliphatic heterocycles. The van der Waals surface area contributed by atoms with Crippen molar-refractivity contribution in [2.45, 2.75) is 34.3 Å². The molecule has 0 N–H and O–H groups in total. The number of benzene rings is 2. The van der Waals surface area contributed by atoms with E-state index in [0.717, 1.165) is 26.9 Å². The van der Waals surface area contributed by atoms with Crippen LogP contribution in [0.25, 0.3) is 5.69 Å². The first-order valence-corrected chi connectivity index (χ1v) is 9.08. The highest BCUT2D eigenvalue weighted by Crippen LogP contribution is 2.21. The molecule has 1 aromatic heterocycles. The van der Waals surface area contributed by atoms with Crippen LogP contribution in [0.5, 0.6) is 0 Å². The van der Waals surface area contributed by atoms with Gasteiger partial charge in [-0.2, -0.15) is 0 Å². The Morgan fingerprint density at radius 3 is 2.54 bits per heavy atom. The third-order valence-electron chi connectivity index (χ3n) is 4.33. The van der Waals surface area contributed by atoms with Crippen molar-refractivity contribution in [3.8, 4) is 5.69 Å². The predicted molar refractivity (Wildman–Crippen MR) is 104 cm³/mol. The minimum atomic E-state index is -0.470. The predicted octanol–water partition coefficient (Wildman–Crippen LogP) is 4.62. The topological polar surface area (TPSA) is 57.0 Å². The van der Waals surface area contributed by atoms with Gasteiger partial charge in [-0.15, -0.1) is 5.10 Å². The molecule has 1 heterocycles. The molecule has 0 unspecified atom stereocenters. The van der Waals surface area contributed by atoms with Crippen molar-refractivity contribution in [3.63, 3.8) is 0 Å². The molecule has 3 aromatic rings. The fraction of sp³-hybridized carbons (Fsp3) is 0.250. The smallest absolute Gasteiger partial charge is 0.361 e. The van der Waals surface area contributed by atoms with Gasteiger partial charge in [0.05, 0.1) is 11.4 Å². The maximum atomic E-state index is 12.4. The molecule has 6 heteroatoms. The summed E-state index contributed by atoms with van der Waals surface area (Å²) in [7, 11) is 0. The first-order valence-electron chi connectivity index (χ1n) is 8.29. The van der Waals surface area contributed by atoms with Crippen LogP contribution in [0.3, 0.4) is 0 Å². The minimum absolute atomic E-state index is 0.217. The molecule has 0 saturated carbocycles. The molecule has 0 aliphatic rings. The van der Waals surface area contributed by atoms with Crippen LogP contribution in [0.15, 0.2) is 40.9 Å². The van der Waals surface area contributed by atoms with Crippen LogP contribution in [0, 0.1) is 27.7 Å². The highest BCUT2D eigenvalue weighted by atomic mass is 79.9. The number of esters is 1. The lowest BCUT2D eigenvalue weighted by Gasteiger charge is -2.08. The zero-order valence-electron chi connectivity index (χ0n) is 15.2. The van der Waals surface area contributed by atoms with Gasteiger partial charge < -0.3 is 4.74 Å². The maximum Gasteiger partial charge on any atom is 0.361 e. The number of aryl methyl sites for hydroxylation is 3. The molecule has 26 heavy (non-hydrogen) atoms. The van der Waals surface area contributed by atoms with Crippen molar-refractivity contribution in [1.29, 1.82) is 0 Å². The van der Waals surface area contributed by atoms with Crippen LogP contribution >= 0.6 is 15.9 Å². The van der Waals surface area contributed by atoms with E-state index < -0.39 is 5.97 Å². The van der Waals surface area contributed by atoms with Crippen molar-refractivity contribution in [2.75, 3.05) is 0 Å². The van der Waals surface area contributed by atoms with Crippen molar-refractivity contribution >= 4 is 21.9 Å². The van der Waals surface area contributed by atoms with E-state index in [1.54, 1.807) is 4.68 Å². The Balaban J connectivity index is 1.78. The van der Waals surface area contributed by atoms with Crippen LogP contribution in [0.2, 0.25) is 0 Å². The first-order chi connectivity index (χ1) is 12.4. The summed E-state index contributed by atoms with van der Waals surface area (Å²) < 4.78 is 8.11. The average molecular weight is 414 g/mol. The molecule has 0 radical (unpaired) electrons. The number of carbonyl (C=O) groups excluding carboxylic acids is 1. The van der Waals surface area contributed by atoms with Crippen molar-refractivity contribution in [1.82, 2.24) is 15.0 Å². The molecule has 3 rings (SSSR count). The number of carbonyl (C=O) groups is 1. The Kier molecular flexibility index (Phi) is 5.23. The fourth-order valence-electron chi connectivity index (χ4n) is 2.74. The molecule has 2 aromatic carbocycles. The normalized spacial score (nSPS) is 10.8. The van der Waals surface area contributed by atoms with Gasteiger partial charge >= 0.3 is 5.97 Å². The standard InChI is InChI=1S/C20H20BrN3O2/c1-12-5-6-16(13(2)9-12)11-26-20(25)19-15(4)24(23-22-19)17-7-8-18(21)14(3)10-17/h5-10H,11H2,1-4H3. The van der Waals surface area contributed by atoms with Crippen LogP contribution < -0.4 is 0 Å². The third-order valence-corrected chi connectivity index (χ3v) is 5.22. The number of nitrogens with zero attached hydrogens (tertiary/aromatic N) is 3. The van der Waals surface area contributed by atoms with Gasteiger partial charge in [-0.1, -0.05) is 44.9 Å². The zero-order chi connectivity index (χ0) is 18.8. The highest BCUT2D eigenvalue weighted by Gasteiger charge is 2.19. The van der Waals surface area contributed by atoms with Crippen LogP contribution in [0.1, 0.15) is 38.4 Å². The molecule has 0 bridgehead atoms. The second-order valence-corrected chi connectivity index (χ2v) is 7.23. The molecule has 0 spiro atoms. The lowest BCUT2D eigenvalue weighted by molar-refractivity contribution is 0.0464. The largest absolute Gasteiger partial charge is 0.456 e. The van der Waals surface area contributed by atoms with Crippen LogP contribution in [0.4, 0.5) is 0 Å². The van der Waals surface area contributed by atoms with E-state index >= 15 is 0 Å². The lowest BCUT2D eigenvalue weighted by Crippen LogP contribution is -2.09. The molecular weight excluding hydrogens is 394 g/mol. The van der Waals surface area contributed by atoms with E-state index in [9.17, 15) is 4.79 Å². The molecule has 0 aliphatic carbocycles. The van der Waals surface area contributed by atoms with Gasteiger partial charge in [0.15, 0.2) is 5.69 Å². The number of halogens is 1. The number of rotatable bonds is 4. The lowest BCUT2D eigenvalue weighted by atomic mass is 10.1. The first kappa shape index (κ1) is 18.3. The zero-order valence-corrected chi connectivity index (χ0v) is 16.8. The van der Waals surface area contributed by atoms with Gasteiger partial charge in [0, 0.05) is 4.47 Å². The fourth-order valence-corrected chi connectivity index (χ4v) is 2.99. The number of hydrogen-bond donors (Lipinski definition) is 0. The Bertz CT molecular complexity index is 979. The van der Waals surface area contributed by atoms with Gasteiger partial charge in [0.25, 0.3) is 0 Å². The molecular formula is C20H20BrN3O2. The Labute approximate surface area is 161 Å². The SMILES string of the molecule is Cc1ccc(COC(=O)c2nnn(-c3ccc(Br)c(C)c3)c2C)c(C)c1. The van der Waals surface area contributed by atoms with E-state index in [1.807, 2.05) is 58.0 Å². The Morgan fingerprint density at radius 2 is 1.85 bits per heavy atom. The molecule has 134 valence electrons. The highest BCUT2D eigenvalue weighted by molar-refractivity contribution is 9.10. The summed E-state index contributed by atoms with van der Waals surface area (Å²) in [5.41, 5.74) is 6.08. The van der Waals surface area contributed by atoms with Crippen LogP contribution in [-0.2, 0) is 11.3 Å². The summed E-state index contributed by atoms with van der Waals surface area (Å²) in [6, 6.07) is 11.9. The molecule has 0 atom stereocenters. The van der Waals surface area contributed by atoms with Crippen molar-refractivity contribution in [2.24, 2.45) is 0 Å². The number of aromatic nitrogens is 3. The number of ether oxygens (including phenoxy) is 1. The van der Waals surface area contributed by atoms with E-state index in [2.05, 4.69) is 32.3 Å². The second kappa shape index (κ2) is 7.41. The summed E-state index contributed by atoms with van der Waals surface area (Å²) in [5.74, 6) is -0.470. The molecule has 0 fully saturated rings. The summed E-state index contributed by atoms with van der Waals surface area (Å²) in [6.45, 7) is 8.07. The Hall–Kier alpha value is -2.47. The van der Waals surface area contributed by atoms with E-state index in [1.165, 1.54) is 5.56 Å². The van der Waals surface area contributed by atoms with Gasteiger partial charge in [-0.3, -0.25) is 0 Å². The average Bonchev–Trinajstić information content (AvgIpc) is 2.98. The molecule has 5 nitrogen and oxygen atoms in total. The minimum Gasteiger partial charge on any atom is -0.456 e. The molecule has 0 amide bonds. The summed E-state index contributed by atoms with van der Waals surface area (Å²) in [6.07, 6.45) is 0. The second-order valence-electron chi connectivity index (χ2n) is 6.37. The Morgan fingerprint density at radius 1 is 1.08 bits per heavy atom. The number of hydrogen-bond acceptors (Lipinski definition) is 4. The summed E-state index contributed by atoms with van der Waals surface area (Å²) >= 11 is 3.48. The summed E-state index contributed by atoms with van der Waals surface area (Å²) in [5, 5.41) is 8.13. The van der Waals surface area contributed by atoms with Crippen LogP contribution in [-0.4, -0.2) is 21.0 Å². The van der Waals surface area contributed by atoms with Gasteiger partial charge in [-0.25, -0.2) is 9.48 Å². The van der Waals surface area contributed by atoms with Crippen molar-refractivity contribution < 1.29 is 9.53 Å². The van der Waals surface area contributed by atoms with Gasteiger partial charge in [0.1, 0.15) is 6.61 Å². The van der Waals surface area contributed by atoms with E-state index in [0.29, 0.717) is 5.69 Å². The molecule has 0 saturated heterocycles. The van der Waals surface area contributed by atoms with Crippen molar-refractivity contribution in [3.05, 3.63) is 74.5 Å². The van der Waals surface area contributed by atoms with Gasteiger partial charge in [-0.05, 0) is 62.6 Å². The summed E-state index contributed by atoms with van der Waals surface area (Å²) in [4.78, 5) is 12.4. The van der Waals surface area contributed by atoms with E-state index in [-0.39, 0.29) is 12.3 Å². The van der Waals surface area contributed by atoms with Gasteiger partial charge in [0.2, 0.25) is 0 Å². The monoisotopic (exact) mass is 413 g/mol. The quantitative estimate of drug-likeness (QED) is 0.585. The third kappa shape index (κ3) is 3.70. The van der Waals surface area contributed by atoms with E-state index in [4.69, 9.17) is 4.74 Å². The maximum absolute atomic E-state index is 12.4.